The lowest BCUT2D eigenvalue weighted by molar-refractivity contribution is 0.0114. The number of aliphatic hydroxyl groups is 2. The van der Waals surface area contributed by atoms with E-state index in [1.54, 1.807) is 0 Å². The Labute approximate surface area is 66.5 Å². The number of aliphatic hydroxyl groups excluding tert-OH is 2. The topological polar surface area (TPSA) is 40.5 Å². The van der Waals surface area contributed by atoms with Crippen LogP contribution in [0.4, 0.5) is 0 Å². The van der Waals surface area contributed by atoms with Crippen molar-refractivity contribution in [3.8, 4) is 0 Å². The standard InChI is InChI=1S/C9H14O2/c10-7-3-4-8(11)9(7)5-1-2-6-9/h1,5,7-8,10-11H,2-4,6H2. The molecule has 0 aromatic rings. The Morgan fingerprint density at radius 1 is 1.18 bits per heavy atom. The van der Waals surface area contributed by atoms with Crippen LogP contribution in [0.1, 0.15) is 25.7 Å². The zero-order valence-corrected chi connectivity index (χ0v) is 6.53. The molecule has 2 atom stereocenters. The number of rotatable bonds is 0. The Balaban J connectivity index is 2.26. The lowest BCUT2D eigenvalue weighted by Crippen LogP contribution is -2.34. The third-order valence-electron chi connectivity index (χ3n) is 3.13. The van der Waals surface area contributed by atoms with E-state index in [1.807, 2.05) is 6.08 Å². The summed E-state index contributed by atoms with van der Waals surface area (Å²) < 4.78 is 0. The molecule has 0 saturated heterocycles. The average Bonchev–Trinajstić information content (AvgIpc) is 2.56. The van der Waals surface area contributed by atoms with E-state index < -0.39 is 0 Å². The summed E-state index contributed by atoms with van der Waals surface area (Å²) in [5.74, 6) is 0. The second-order valence-corrected chi connectivity index (χ2v) is 3.66. The number of hydrogen-bond acceptors (Lipinski definition) is 2. The van der Waals surface area contributed by atoms with Crippen molar-refractivity contribution in [1.29, 1.82) is 0 Å². The summed E-state index contributed by atoms with van der Waals surface area (Å²) in [5.41, 5.74) is -0.264. The van der Waals surface area contributed by atoms with E-state index in [0.717, 1.165) is 25.7 Å². The molecule has 0 aromatic carbocycles. The zero-order valence-electron chi connectivity index (χ0n) is 6.53. The van der Waals surface area contributed by atoms with Crippen LogP contribution in [0.3, 0.4) is 0 Å². The van der Waals surface area contributed by atoms with Crippen LogP contribution in [0.15, 0.2) is 12.2 Å². The second-order valence-electron chi connectivity index (χ2n) is 3.66. The van der Waals surface area contributed by atoms with Crippen molar-refractivity contribution in [2.24, 2.45) is 5.41 Å². The quantitative estimate of drug-likeness (QED) is 0.507. The van der Waals surface area contributed by atoms with Crippen LogP contribution in [-0.4, -0.2) is 22.4 Å². The Bertz CT molecular complexity index is 176. The number of hydrogen-bond donors (Lipinski definition) is 2. The van der Waals surface area contributed by atoms with Gasteiger partial charge in [-0.2, -0.15) is 0 Å². The third kappa shape index (κ3) is 0.861. The van der Waals surface area contributed by atoms with E-state index in [4.69, 9.17) is 0 Å². The van der Waals surface area contributed by atoms with Crippen molar-refractivity contribution >= 4 is 0 Å². The molecule has 1 spiro atoms. The minimum atomic E-state index is -0.309. The highest BCUT2D eigenvalue weighted by Crippen LogP contribution is 2.46. The Kier molecular flexibility index (Phi) is 1.55. The van der Waals surface area contributed by atoms with E-state index in [-0.39, 0.29) is 17.6 Å². The largest absolute Gasteiger partial charge is 0.392 e. The Morgan fingerprint density at radius 2 is 1.82 bits per heavy atom. The normalized spacial score (nSPS) is 49.3. The first-order valence-corrected chi connectivity index (χ1v) is 4.29. The van der Waals surface area contributed by atoms with Gasteiger partial charge in [-0.25, -0.2) is 0 Å². The van der Waals surface area contributed by atoms with E-state index in [0.29, 0.717) is 0 Å². The van der Waals surface area contributed by atoms with Gasteiger partial charge in [0.1, 0.15) is 0 Å². The van der Waals surface area contributed by atoms with Crippen molar-refractivity contribution in [2.75, 3.05) is 0 Å². The summed E-state index contributed by atoms with van der Waals surface area (Å²) in [4.78, 5) is 0. The predicted molar refractivity (Wildman–Crippen MR) is 42.1 cm³/mol. The van der Waals surface area contributed by atoms with Crippen LogP contribution >= 0.6 is 0 Å². The van der Waals surface area contributed by atoms with Gasteiger partial charge in [-0.1, -0.05) is 12.2 Å². The zero-order chi connectivity index (χ0) is 7.90. The van der Waals surface area contributed by atoms with Crippen LogP contribution < -0.4 is 0 Å². The van der Waals surface area contributed by atoms with E-state index in [9.17, 15) is 10.2 Å². The first kappa shape index (κ1) is 7.32. The first-order chi connectivity index (χ1) is 5.26. The molecule has 0 aromatic heterocycles. The summed E-state index contributed by atoms with van der Waals surface area (Å²) in [5, 5.41) is 19.3. The molecule has 1 saturated carbocycles. The molecule has 0 heterocycles. The highest BCUT2D eigenvalue weighted by molar-refractivity contribution is 5.16. The van der Waals surface area contributed by atoms with Crippen LogP contribution in [0.5, 0.6) is 0 Å². The van der Waals surface area contributed by atoms with Crippen LogP contribution in [0.25, 0.3) is 0 Å². The fourth-order valence-corrected chi connectivity index (χ4v) is 2.35. The fourth-order valence-electron chi connectivity index (χ4n) is 2.35. The Morgan fingerprint density at radius 3 is 2.27 bits per heavy atom. The minimum absolute atomic E-state index is 0.264. The molecule has 2 heteroatoms. The van der Waals surface area contributed by atoms with E-state index >= 15 is 0 Å². The summed E-state index contributed by atoms with van der Waals surface area (Å²) in [6, 6.07) is 0. The van der Waals surface area contributed by atoms with Gasteiger partial charge >= 0.3 is 0 Å². The van der Waals surface area contributed by atoms with Gasteiger partial charge in [-0.3, -0.25) is 0 Å². The van der Waals surface area contributed by atoms with Gasteiger partial charge in [0.2, 0.25) is 0 Å². The van der Waals surface area contributed by atoms with Crippen molar-refractivity contribution in [3.05, 3.63) is 12.2 Å². The summed E-state index contributed by atoms with van der Waals surface area (Å²) in [6.45, 7) is 0. The van der Waals surface area contributed by atoms with Crippen molar-refractivity contribution in [2.45, 2.75) is 37.9 Å². The van der Waals surface area contributed by atoms with Gasteiger partial charge in [0.05, 0.1) is 12.2 Å². The fraction of sp³-hybridized carbons (Fsp3) is 0.778. The SMILES string of the molecule is OC1CCC(O)C12C=CCC2. The molecule has 2 rings (SSSR count). The molecule has 2 aliphatic rings. The number of allylic oxidation sites excluding steroid dienone is 1. The molecule has 11 heavy (non-hydrogen) atoms. The van der Waals surface area contributed by atoms with Crippen molar-refractivity contribution in [3.63, 3.8) is 0 Å². The van der Waals surface area contributed by atoms with Gasteiger partial charge in [0, 0.05) is 5.41 Å². The maximum Gasteiger partial charge on any atom is 0.0656 e. The predicted octanol–water partition coefficient (Wildman–Crippen LogP) is 0.838. The maximum atomic E-state index is 9.64. The molecular weight excluding hydrogens is 140 g/mol. The van der Waals surface area contributed by atoms with E-state index in [2.05, 4.69) is 6.08 Å². The highest BCUT2D eigenvalue weighted by Gasteiger charge is 2.47. The van der Waals surface area contributed by atoms with Crippen LogP contribution in [0, 0.1) is 5.41 Å². The van der Waals surface area contributed by atoms with Gasteiger partial charge in [-0.15, -0.1) is 0 Å². The van der Waals surface area contributed by atoms with Crippen LogP contribution in [0.2, 0.25) is 0 Å². The van der Waals surface area contributed by atoms with Crippen LogP contribution in [-0.2, 0) is 0 Å². The van der Waals surface area contributed by atoms with Crippen molar-refractivity contribution in [1.82, 2.24) is 0 Å². The van der Waals surface area contributed by atoms with E-state index in [1.165, 1.54) is 0 Å². The lowest BCUT2D eigenvalue weighted by Gasteiger charge is -2.29. The van der Waals surface area contributed by atoms with Gasteiger partial charge in [0.15, 0.2) is 0 Å². The first-order valence-electron chi connectivity index (χ1n) is 4.29. The molecular formula is C9H14O2. The molecule has 1 fully saturated rings. The molecule has 0 amide bonds. The summed E-state index contributed by atoms with van der Waals surface area (Å²) in [7, 11) is 0. The highest BCUT2D eigenvalue weighted by atomic mass is 16.3. The molecule has 2 aliphatic carbocycles. The van der Waals surface area contributed by atoms with Gasteiger partial charge in [-0.05, 0) is 25.7 Å². The van der Waals surface area contributed by atoms with Gasteiger partial charge < -0.3 is 10.2 Å². The second kappa shape index (κ2) is 2.32. The molecule has 62 valence electrons. The molecule has 2 N–H and O–H groups in total. The smallest absolute Gasteiger partial charge is 0.0656 e. The summed E-state index contributed by atoms with van der Waals surface area (Å²) in [6.07, 6.45) is 6.90. The van der Waals surface area contributed by atoms with Gasteiger partial charge in [0.25, 0.3) is 0 Å². The molecule has 0 radical (unpaired) electrons. The minimum Gasteiger partial charge on any atom is -0.392 e. The average molecular weight is 154 g/mol. The molecule has 2 unspecified atom stereocenters. The monoisotopic (exact) mass is 154 g/mol. The molecule has 0 aliphatic heterocycles. The summed E-state index contributed by atoms with van der Waals surface area (Å²) >= 11 is 0. The maximum absolute atomic E-state index is 9.64. The lowest BCUT2D eigenvalue weighted by atomic mass is 9.82. The van der Waals surface area contributed by atoms with Crippen molar-refractivity contribution < 1.29 is 10.2 Å². The molecule has 0 bridgehead atoms. The molecule has 2 nitrogen and oxygen atoms in total. The third-order valence-corrected chi connectivity index (χ3v) is 3.13. The Hall–Kier alpha value is -0.340.